The summed E-state index contributed by atoms with van der Waals surface area (Å²) in [6.45, 7) is 10.1. The van der Waals surface area contributed by atoms with Crippen LogP contribution in [0.4, 0.5) is 4.79 Å². The van der Waals surface area contributed by atoms with Crippen LogP contribution in [0.15, 0.2) is 0 Å². The van der Waals surface area contributed by atoms with Crippen molar-refractivity contribution in [2.45, 2.75) is 148 Å². The number of aliphatic hydroxyl groups is 1. The lowest BCUT2D eigenvalue weighted by atomic mass is 9.73. The molecular weight excluding hydrogens is 578 g/mol. The van der Waals surface area contributed by atoms with E-state index >= 15 is 0 Å². The van der Waals surface area contributed by atoms with Crippen molar-refractivity contribution < 1.29 is 33.8 Å². The zero-order valence-corrected chi connectivity index (χ0v) is 27.6. The Kier molecular flexibility index (Phi) is 9.07. The molecule has 0 aromatic heterocycles. The number of amides is 5. The lowest BCUT2D eigenvalue weighted by molar-refractivity contribution is -0.158. The number of primary amides is 1. The van der Waals surface area contributed by atoms with E-state index in [4.69, 9.17) is 10.5 Å². The number of urea groups is 1. The Balaban J connectivity index is 1.38. The molecule has 1 saturated heterocycles. The molecular formula is C33H53N5O7. The first-order valence-corrected chi connectivity index (χ1v) is 16.9. The van der Waals surface area contributed by atoms with Crippen LogP contribution in [0.5, 0.6) is 0 Å². The molecule has 0 bridgehead atoms. The van der Waals surface area contributed by atoms with Crippen LogP contribution in [-0.2, 0) is 23.9 Å². The summed E-state index contributed by atoms with van der Waals surface area (Å²) in [6.07, 6.45) is 7.53. The third-order valence-corrected chi connectivity index (χ3v) is 12.1. The van der Waals surface area contributed by atoms with Gasteiger partial charge in [-0.05, 0) is 88.9 Å². The molecule has 12 heteroatoms. The average molecular weight is 632 g/mol. The van der Waals surface area contributed by atoms with Gasteiger partial charge in [-0.3, -0.25) is 19.2 Å². The highest BCUT2D eigenvalue weighted by molar-refractivity contribution is 6.37. The highest BCUT2D eigenvalue weighted by Gasteiger charge is 2.85. The maximum Gasteiger partial charge on any atom is 0.317 e. The van der Waals surface area contributed by atoms with E-state index in [2.05, 4.69) is 29.8 Å². The molecule has 5 amide bonds. The molecule has 1 heterocycles. The molecule has 2 spiro atoms. The minimum absolute atomic E-state index is 0.0265. The van der Waals surface area contributed by atoms with Crippen LogP contribution in [0.25, 0.3) is 0 Å². The van der Waals surface area contributed by atoms with Gasteiger partial charge in [0.2, 0.25) is 17.9 Å². The summed E-state index contributed by atoms with van der Waals surface area (Å²) >= 11 is 0. The molecule has 4 atom stereocenters. The molecule has 4 aliphatic carbocycles. The lowest BCUT2D eigenvalue weighted by Crippen LogP contribution is -2.59. The Labute approximate surface area is 266 Å². The fourth-order valence-electron chi connectivity index (χ4n) is 9.01. The van der Waals surface area contributed by atoms with E-state index in [0.29, 0.717) is 45.1 Å². The molecule has 6 N–H and O–H groups in total. The Morgan fingerprint density at radius 3 is 2.09 bits per heavy atom. The van der Waals surface area contributed by atoms with Gasteiger partial charge < -0.3 is 36.4 Å². The molecule has 4 saturated carbocycles. The average Bonchev–Trinajstić information content (AvgIpc) is 3.13. The van der Waals surface area contributed by atoms with E-state index in [1.54, 1.807) is 20.8 Å². The summed E-state index contributed by atoms with van der Waals surface area (Å²) in [7, 11) is 0. The molecule has 1 unspecified atom stereocenters. The summed E-state index contributed by atoms with van der Waals surface area (Å²) in [6, 6.07) is -2.63. The second kappa shape index (κ2) is 12.1. The van der Waals surface area contributed by atoms with E-state index in [9.17, 15) is 29.1 Å². The molecule has 45 heavy (non-hydrogen) atoms. The van der Waals surface area contributed by atoms with Crippen molar-refractivity contribution >= 4 is 29.5 Å². The van der Waals surface area contributed by atoms with Gasteiger partial charge in [0, 0.05) is 18.0 Å². The van der Waals surface area contributed by atoms with Crippen LogP contribution in [-0.4, -0.2) is 82.1 Å². The first-order chi connectivity index (χ1) is 21.0. The number of rotatable bonds is 10. The molecule has 0 aromatic rings. The van der Waals surface area contributed by atoms with Gasteiger partial charge in [-0.25, -0.2) is 4.79 Å². The number of nitrogens with two attached hydrogens (primary N) is 1. The topological polar surface area (TPSA) is 180 Å². The van der Waals surface area contributed by atoms with Crippen LogP contribution in [0.1, 0.15) is 112 Å². The number of aliphatic hydroxyl groups excluding tert-OH is 1. The van der Waals surface area contributed by atoms with Crippen LogP contribution < -0.4 is 21.7 Å². The summed E-state index contributed by atoms with van der Waals surface area (Å²) in [4.78, 5) is 67.9. The molecule has 5 fully saturated rings. The summed E-state index contributed by atoms with van der Waals surface area (Å²) < 4.78 is 6.13. The van der Waals surface area contributed by atoms with Crippen LogP contribution in [0, 0.1) is 22.2 Å². The number of Topliss-reactive ketones (excluding diaryl/α,β-unsaturated/α-hetero) is 1. The van der Waals surface area contributed by atoms with Gasteiger partial charge in [-0.2, -0.15) is 0 Å². The monoisotopic (exact) mass is 631 g/mol. The van der Waals surface area contributed by atoms with Gasteiger partial charge in [-0.1, -0.05) is 39.5 Å². The van der Waals surface area contributed by atoms with Crippen molar-refractivity contribution in [1.29, 1.82) is 0 Å². The van der Waals surface area contributed by atoms with E-state index in [0.717, 1.165) is 38.5 Å². The Bertz CT molecular complexity index is 1200. The predicted molar refractivity (Wildman–Crippen MR) is 165 cm³/mol. The Morgan fingerprint density at radius 2 is 1.60 bits per heavy atom. The number of hydrogen-bond donors (Lipinski definition) is 5. The molecule has 252 valence electrons. The van der Waals surface area contributed by atoms with Crippen molar-refractivity contribution in [3.63, 3.8) is 0 Å². The SMILES string of the molecule is CC(C)(C)O[C@H](NC(=O)NC1CCC(O)CC1)C(=O)N1C[C@]2(C[C@H]1C(=O)NC(CC1CCC1)C(=O)C(N)=O)C(C)(C)C21CCC1. The van der Waals surface area contributed by atoms with Gasteiger partial charge in [-0.15, -0.1) is 0 Å². The van der Waals surface area contributed by atoms with E-state index < -0.39 is 53.4 Å². The van der Waals surface area contributed by atoms with E-state index in [1.165, 1.54) is 4.90 Å². The Hall–Kier alpha value is -2.73. The van der Waals surface area contributed by atoms with Crippen LogP contribution >= 0.6 is 0 Å². The zero-order valence-electron chi connectivity index (χ0n) is 27.6. The minimum atomic E-state index is -1.36. The van der Waals surface area contributed by atoms with E-state index in [-0.39, 0.29) is 34.3 Å². The number of nitrogens with zero attached hydrogens (tertiary/aromatic N) is 1. The molecule has 5 rings (SSSR count). The molecule has 0 radical (unpaired) electrons. The second-order valence-corrected chi connectivity index (χ2v) is 15.9. The predicted octanol–water partition coefficient (Wildman–Crippen LogP) is 2.26. The van der Waals surface area contributed by atoms with Gasteiger partial charge in [0.15, 0.2) is 0 Å². The maximum atomic E-state index is 14.4. The standard InChI is InChI=1S/C33H53N5O7/c1-30(2,3)45-27(37-29(44)35-20-10-12-21(39)13-11-20)28(43)38-18-33(31(4,5)32(33)14-7-15-32)17-23(38)26(42)36-22(24(40)25(34)41)16-19-8-6-9-19/h19-23,27,39H,6-18H2,1-5H3,(H2,34,41)(H,36,42)(H2,35,37,44)/t20?,21?,22?,23-,27-,33+/m0/s1. The van der Waals surface area contributed by atoms with Crippen LogP contribution in [0.2, 0.25) is 0 Å². The summed E-state index contributed by atoms with van der Waals surface area (Å²) in [5.41, 5.74) is 4.21. The largest absolute Gasteiger partial charge is 0.393 e. The third kappa shape index (κ3) is 6.21. The zero-order chi connectivity index (χ0) is 32.9. The Morgan fingerprint density at radius 1 is 0.956 bits per heavy atom. The molecule has 5 aliphatic rings. The number of carbonyl (C=O) groups excluding carboxylic acids is 5. The second-order valence-electron chi connectivity index (χ2n) is 15.9. The van der Waals surface area contributed by atoms with Gasteiger partial charge in [0.05, 0.1) is 17.7 Å². The number of carbonyl (C=O) groups is 5. The quantitative estimate of drug-likeness (QED) is 0.181. The maximum absolute atomic E-state index is 14.4. The molecule has 12 nitrogen and oxygen atoms in total. The number of ketones is 1. The fourth-order valence-corrected chi connectivity index (χ4v) is 9.01. The minimum Gasteiger partial charge on any atom is -0.393 e. The summed E-state index contributed by atoms with van der Waals surface area (Å²) in [5, 5.41) is 18.3. The highest BCUT2D eigenvalue weighted by Crippen LogP contribution is 2.88. The van der Waals surface area contributed by atoms with Crippen molar-refractivity contribution in [2.75, 3.05) is 6.54 Å². The smallest absolute Gasteiger partial charge is 0.317 e. The number of nitrogens with one attached hydrogen (secondary N) is 3. The number of likely N-dealkylation sites (tertiary alicyclic amines) is 1. The highest BCUT2D eigenvalue weighted by atomic mass is 16.5. The van der Waals surface area contributed by atoms with Gasteiger partial charge >= 0.3 is 6.03 Å². The van der Waals surface area contributed by atoms with Crippen molar-refractivity contribution in [3.8, 4) is 0 Å². The molecule has 1 aliphatic heterocycles. The van der Waals surface area contributed by atoms with Crippen molar-refractivity contribution in [2.24, 2.45) is 27.9 Å². The van der Waals surface area contributed by atoms with Crippen molar-refractivity contribution in [3.05, 3.63) is 0 Å². The number of ether oxygens (including phenoxy) is 1. The van der Waals surface area contributed by atoms with Crippen LogP contribution in [0.3, 0.4) is 0 Å². The van der Waals surface area contributed by atoms with E-state index in [1.807, 2.05) is 0 Å². The number of fused-ring (bicyclic) bond motifs is 1. The normalized spacial score (nSPS) is 31.3. The first-order valence-electron chi connectivity index (χ1n) is 16.9. The third-order valence-electron chi connectivity index (χ3n) is 12.1. The lowest BCUT2D eigenvalue weighted by Gasteiger charge is -2.34. The summed E-state index contributed by atoms with van der Waals surface area (Å²) in [5.74, 6) is -2.70. The fraction of sp³-hybridized carbons (Fsp3) is 0.848. The first kappa shape index (κ1) is 33.6. The van der Waals surface area contributed by atoms with Gasteiger partial charge in [0.1, 0.15) is 6.04 Å². The van der Waals surface area contributed by atoms with Gasteiger partial charge in [0.25, 0.3) is 11.8 Å². The van der Waals surface area contributed by atoms with Crippen molar-refractivity contribution in [1.82, 2.24) is 20.9 Å². The number of hydrogen-bond acceptors (Lipinski definition) is 7. The molecule has 0 aromatic carbocycles.